The van der Waals surface area contributed by atoms with Gasteiger partial charge in [0.15, 0.2) is 5.69 Å². The van der Waals surface area contributed by atoms with Crippen LogP contribution in [0.2, 0.25) is 0 Å². The van der Waals surface area contributed by atoms with E-state index in [1.165, 1.54) is 46.1 Å². The predicted octanol–water partition coefficient (Wildman–Crippen LogP) is 9.22. The van der Waals surface area contributed by atoms with Gasteiger partial charge >= 0.3 is 5.97 Å². The van der Waals surface area contributed by atoms with Crippen LogP contribution in [-0.2, 0) is 42.1 Å². The lowest BCUT2D eigenvalue weighted by molar-refractivity contribution is -0.160. The Bertz CT molecular complexity index is 1830. The van der Waals surface area contributed by atoms with Crippen LogP contribution in [0.25, 0.3) is 16.0 Å². The molecule has 0 saturated heterocycles. The highest BCUT2D eigenvalue weighted by atomic mass is 16.5. The fraction of sp³-hybridized carbons (Fsp3) is 0.381. The molecule has 246 valence electrons. The van der Waals surface area contributed by atoms with Gasteiger partial charge in [-0.1, -0.05) is 66.7 Å². The summed E-state index contributed by atoms with van der Waals surface area (Å²) in [5, 5.41) is 3.99. The average Bonchev–Trinajstić information content (AvgIpc) is 3.64. The fourth-order valence-corrected chi connectivity index (χ4v) is 8.29. The first-order chi connectivity index (χ1) is 23.4. The molecule has 3 saturated carbocycles. The van der Waals surface area contributed by atoms with Gasteiger partial charge in [0, 0.05) is 23.7 Å². The van der Waals surface area contributed by atoms with Gasteiger partial charge in [-0.3, -0.25) is 4.79 Å². The lowest BCUT2D eigenvalue weighted by Crippen LogP contribution is -2.56. The molecule has 6 nitrogen and oxygen atoms in total. The number of nitrogens with zero attached hydrogens (tertiary/aromatic N) is 1. The summed E-state index contributed by atoms with van der Waals surface area (Å²) in [4.78, 5) is 16.2. The molecule has 0 radical (unpaired) electrons. The van der Waals surface area contributed by atoms with Gasteiger partial charge in [-0.25, -0.2) is 4.85 Å². The highest BCUT2D eigenvalue weighted by molar-refractivity contribution is 5.77. The van der Waals surface area contributed by atoms with Crippen molar-refractivity contribution in [2.75, 3.05) is 7.11 Å². The molecule has 0 unspecified atom stereocenters. The van der Waals surface area contributed by atoms with Gasteiger partial charge in [-0.05, 0) is 110 Å². The lowest BCUT2D eigenvalue weighted by Gasteiger charge is -2.52. The summed E-state index contributed by atoms with van der Waals surface area (Å²) in [6.07, 6.45) is 8.64. The number of benzene rings is 4. The molecule has 8 rings (SSSR count). The molecule has 0 spiro atoms. The number of carbonyl (C=O) groups excluding carboxylic acids is 1. The zero-order chi connectivity index (χ0) is 33.1. The monoisotopic (exact) mass is 640 g/mol. The van der Waals surface area contributed by atoms with Gasteiger partial charge in [-0.15, -0.1) is 0 Å². The average molecular weight is 641 g/mol. The van der Waals surface area contributed by atoms with Gasteiger partial charge < -0.3 is 19.5 Å². The van der Waals surface area contributed by atoms with Gasteiger partial charge in [-0.2, -0.15) is 0 Å². The van der Waals surface area contributed by atoms with Crippen LogP contribution in [0.5, 0.6) is 11.5 Å². The minimum absolute atomic E-state index is 0.0267. The van der Waals surface area contributed by atoms with Crippen molar-refractivity contribution in [1.82, 2.24) is 5.32 Å². The van der Waals surface area contributed by atoms with Crippen LogP contribution in [0.3, 0.4) is 0 Å². The van der Waals surface area contributed by atoms with Crippen LogP contribution in [-0.4, -0.2) is 18.6 Å². The van der Waals surface area contributed by atoms with Gasteiger partial charge in [0.25, 0.3) is 0 Å². The summed E-state index contributed by atoms with van der Waals surface area (Å²) in [6, 6.07) is 26.7. The Morgan fingerprint density at radius 3 is 2.31 bits per heavy atom. The first-order valence-electron chi connectivity index (χ1n) is 17.3. The van der Waals surface area contributed by atoms with E-state index in [0.29, 0.717) is 25.4 Å². The van der Waals surface area contributed by atoms with E-state index in [4.69, 9.17) is 20.8 Å². The minimum atomic E-state index is -0.300. The molecule has 3 fully saturated rings. The Kier molecular flexibility index (Phi) is 8.98. The summed E-state index contributed by atoms with van der Waals surface area (Å²) in [5.41, 5.74) is 9.98. The number of esters is 1. The maximum absolute atomic E-state index is 12.6. The third kappa shape index (κ3) is 6.20. The Morgan fingerprint density at radius 2 is 1.56 bits per heavy atom. The molecular formula is C42H44N2O4. The van der Waals surface area contributed by atoms with E-state index in [2.05, 4.69) is 65.6 Å². The van der Waals surface area contributed by atoms with E-state index in [1.807, 2.05) is 30.3 Å². The molecule has 6 heteroatoms. The van der Waals surface area contributed by atoms with Crippen LogP contribution in [0, 0.1) is 18.9 Å². The van der Waals surface area contributed by atoms with E-state index in [9.17, 15) is 4.79 Å². The highest BCUT2D eigenvalue weighted by Gasteiger charge is 2.53. The number of carbonyl (C=O) groups is 1. The SMILES string of the molecule is [C-]#[N+]c1cccc(COc2cc(OCc3cccc(-c4ccccc4)c3C)c3c(c2CNC24CCC(C(=O)OC)(CC2)CC4)CCC3)c1. The predicted molar refractivity (Wildman–Crippen MR) is 188 cm³/mol. The summed E-state index contributed by atoms with van der Waals surface area (Å²) in [7, 11) is 1.52. The molecule has 0 amide bonds. The molecule has 4 aromatic carbocycles. The van der Waals surface area contributed by atoms with Crippen LogP contribution in [0.4, 0.5) is 5.69 Å². The van der Waals surface area contributed by atoms with Crippen molar-refractivity contribution >= 4 is 11.7 Å². The zero-order valence-electron chi connectivity index (χ0n) is 28.1. The van der Waals surface area contributed by atoms with Crippen LogP contribution in [0.1, 0.15) is 78.3 Å². The van der Waals surface area contributed by atoms with Gasteiger partial charge in [0.2, 0.25) is 0 Å². The van der Waals surface area contributed by atoms with E-state index >= 15 is 0 Å². The summed E-state index contributed by atoms with van der Waals surface area (Å²) < 4.78 is 18.5. The molecule has 2 bridgehead atoms. The van der Waals surface area contributed by atoms with E-state index in [-0.39, 0.29) is 16.9 Å². The first-order valence-corrected chi connectivity index (χ1v) is 17.3. The van der Waals surface area contributed by atoms with Crippen molar-refractivity contribution in [3.8, 4) is 22.6 Å². The molecule has 1 N–H and O–H groups in total. The molecule has 0 aliphatic heterocycles. The van der Waals surface area contributed by atoms with Gasteiger partial charge in [0.05, 0.1) is 19.1 Å². The lowest BCUT2D eigenvalue weighted by atomic mass is 9.57. The van der Waals surface area contributed by atoms with Crippen molar-refractivity contribution < 1.29 is 19.0 Å². The Labute approximate surface area is 284 Å². The number of hydrogen-bond acceptors (Lipinski definition) is 5. The number of methoxy groups -OCH3 is 1. The standard InChI is InChI=1S/C42H44N2O4/c1-29-32(13-8-15-34(29)31-11-5-4-6-12-31)28-48-38-25-39(47-27-30-10-7-14-33(24-30)43-2)37(35-16-9-17-36(35)38)26-44-42-21-18-41(19-22-42,20-23-42)40(45)46-3/h4-8,10-15,24-25,44H,9,16-23,26-28H2,1,3H3. The topological polar surface area (TPSA) is 61.2 Å². The van der Waals surface area contributed by atoms with Crippen molar-refractivity contribution in [2.24, 2.45) is 5.41 Å². The van der Waals surface area contributed by atoms with E-state index in [0.717, 1.165) is 74.8 Å². The number of hydrogen-bond donors (Lipinski definition) is 1. The molecule has 4 aliphatic carbocycles. The maximum atomic E-state index is 12.6. The summed E-state index contributed by atoms with van der Waals surface area (Å²) >= 11 is 0. The maximum Gasteiger partial charge on any atom is 0.311 e. The number of nitrogens with one attached hydrogen (secondary N) is 1. The van der Waals surface area contributed by atoms with Crippen molar-refractivity contribution in [1.29, 1.82) is 0 Å². The van der Waals surface area contributed by atoms with Crippen molar-refractivity contribution in [3.05, 3.63) is 124 Å². The van der Waals surface area contributed by atoms with Crippen LogP contribution < -0.4 is 14.8 Å². The number of rotatable bonds is 11. The largest absolute Gasteiger partial charge is 0.488 e. The van der Waals surface area contributed by atoms with Gasteiger partial charge in [0.1, 0.15) is 24.7 Å². The second-order valence-corrected chi connectivity index (χ2v) is 13.9. The third-order valence-corrected chi connectivity index (χ3v) is 11.3. The summed E-state index contributed by atoms with van der Waals surface area (Å²) in [5.74, 6) is 1.70. The zero-order valence-corrected chi connectivity index (χ0v) is 28.1. The van der Waals surface area contributed by atoms with Crippen molar-refractivity contribution in [3.63, 3.8) is 0 Å². The van der Waals surface area contributed by atoms with Crippen LogP contribution >= 0.6 is 0 Å². The normalized spacial score (nSPS) is 20.9. The second kappa shape index (κ2) is 13.5. The molecular weight excluding hydrogens is 596 g/mol. The second-order valence-electron chi connectivity index (χ2n) is 13.9. The van der Waals surface area contributed by atoms with Crippen LogP contribution in [0.15, 0.2) is 78.9 Å². The van der Waals surface area contributed by atoms with E-state index in [1.54, 1.807) is 0 Å². The van der Waals surface area contributed by atoms with E-state index < -0.39 is 0 Å². The Morgan fingerprint density at radius 1 is 0.833 bits per heavy atom. The Hall–Kier alpha value is -4.60. The first kappa shape index (κ1) is 32.0. The number of fused-ring (bicyclic) bond motifs is 4. The number of ether oxygens (including phenoxy) is 3. The third-order valence-electron chi connectivity index (χ3n) is 11.3. The Balaban J connectivity index is 1.16. The molecule has 0 aromatic heterocycles. The molecule has 4 aliphatic rings. The minimum Gasteiger partial charge on any atom is -0.488 e. The smallest absolute Gasteiger partial charge is 0.311 e. The fourth-order valence-electron chi connectivity index (χ4n) is 8.29. The summed E-state index contributed by atoms with van der Waals surface area (Å²) in [6.45, 7) is 11.2. The molecule has 0 atom stereocenters. The molecule has 0 heterocycles. The van der Waals surface area contributed by atoms with Crippen molar-refractivity contribution in [2.45, 2.75) is 90.0 Å². The quantitative estimate of drug-likeness (QED) is 0.131. The highest BCUT2D eigenvalue weighted by Crippen LogP contribution is 2.53. The molecule has 48 heavy (non-hydrogen) atoms. The molecule has 4 aromatic rings.